The lowest BCUT2D eigenvalue weighted by Gasteiger charge is -2.10. The van der Waals surface area contributed by atoms with Gasteiger partial charge in [-0.1, -0.05) is 72.8 Å². The second kappa shape index (κ2) is 12.2. The molecule has 0 spiro atoms. The highest BCUT2D eigenvalue weighted by atomic mass is 16.5. The van der Waals surface area contributed by atoms with Gasteiger partial charge in [0.1, 0.15) is 30.5 Å². The summed E-state index contributed by atoms with van der Waals surface area (Å²) in [4.78, 5) is 23.2. The Hall–Kier alpha value is -4.64. The van der Waals surface area contributed by atoms with Gasteiger partial charge >= 0.3 is 5.97 Å². The van der Waals surface area contributed by atoms with Crippen molar-refractivity contribution in [2.45, 2.75) is 6.92 Å². The molecule has 0 aliphatic heterocycles. The van der Waals surface area contributed by atoms with E-state index in [9.17, 15) is 9.59 Å². The van der Waals surface area contributed by atoms with E-state index in [0.29, 0.717) is 24.5 Å². The van der Waals surface area contributed by atoms with E-state index in [1.165, 1.54) is 6.92 Å². The summed E-state index contributed by atoms with van der Waals surface area (Å²) < 4.78 is 16.6. The number of carbonyl (C=O) groups excluding carboxylic acids is 2. The van der Waals surface area contributed by atoms with Gasteiger partial charge in [-0.05, 0) is 59.2 Å². The molecule has 0 bridgehead atoms. The summed E-state index contributed by atoms with van der Waals surface area (Å²) in [6, 6.07) is 31.9. The van der Waals surface area contributed by atoms with E-state index in [2.05, 4.69) is 0 Å². The lowest BCUT2D eigenvalue weighted by molar-refractivity contribution is -0.131. The summed E-state index contributed by atoms with van der Waals surface area (Å²) >= 11 is 0. The Kier molecular flexibility index (Phi) is 8.28. The first kappa shape index (κ1) is 24.5. The highest BCUT2D eigenvalue weighted by Crippen LogP contribution is 2.25. The number of rotatable bonds is 10. The Bertz CT molecular complexity index is 1310. The maximum Gasteiger partial charge on any atom is 0.308 e. The molecular weight excluding hydrogens is 452 g/mol. The van der Waals surface area contributed by atoms with Crippen LogP contribution in [0.3, 0.4) is 0 Å². The van der Waals surface area contributed by atoms with Crippen LogP contribution in [0.4, 0.5) is 0 Å². The summed E-state index contributed by atoms with van der Waals surface area (Å²) in [5.74, 6) is 1.64. The molecule has 0 saturated carbocycles. The summed E-state index contributed by atoms with van der Waals surface area (Å²) in [7, 11) is 0. The van der Waals surface area contributed by atoms with Crippen LogP contribution in [-0.4, -0.2) is 25.0 Å². The molecule has 4 rings (SSSR count). The zero-order valence-electron chi connectivity index (χ0n) is 19.9. The van der Waals surface area contributed by atoms with Gasteiger partial charge in [0, 0.05) is 12.5 Å². The summed E-state index contributed by atoms with van der Waals surface area (Å²) in [6.45, 7) is 2.19. The van der Waals surface area contributed by atoms with Crippen LogP contribution >= 0.6 is 0 Å². The van der Waals surface area contributed by atoms with Crippen molar-refractivity contribution < 1.29 is 23.8 Å². The predicted octanol–water partition coefficient (Wildman–Crippen LogP) is 6.63. The lowest BCUT2D eigenvalue weighted by atomic mass is 10.1. The molecule has 5 nitrogen and oxygen atoms in total. The largest absolute Gasteiger partial charge is 0.490 e. The van der Waals surface area contributed by atoms with Crippen LogP contribution in [0.2, 0.25) is 0 Å². The number of hydrogen-bond acceptors (Lipinski definition) is 5. The second-order valence-electron chi connectivity index (χ2n) is 7.97. The number of hydrogen-bond donors (Lipinski definition) is 0. The van der Waals surface area contributed by atoms with Crippen LogP contribution in [0.1, 0.15) is 22.8 Å². The minimum absolute atomic E-state index is 0.0294. The molecule has 4 aromatic carbocycles. The molecule has 0 unspecified atom stereocenters. The number of benzene rings is 4. The lowest BCUT2D eigenvalue weighted by Crippen LogP contribution is -2.08. The molecule has 36 heavy (non-hydrogen) atoms. The van der Waals surface area contributed by atoms with Crippen molar-refractivity contribution in [3.8, 4) is 28.4 Å². The Morgan fingerprint density at radius 2 is 1.14 bits per heavy atom. The average Bonchev–Trinajstić information content (AvgIpc) is 2.91. The summed E-state index contributed by atoms with van der Waals surface area (Å²) in [5.41, 5.74) is 3.64. The molecular formula is C31H26O5. The van der Waals surface area contributed by atoms with E-state index in [1.54, 1.807) is 36.4 Å². The van der Waals surface area contributed by atoms with Crippen molar-refractivity contribution in [2.24, 2.45) is 0 Å². The quantitative estimate of drug-likeness (QED) is 0.0841. The molecule has 0 amide bonds. The maximum atomic E-state index is 12.2. The van der Waals surface area contributed by atoms with Gasteiger partial charge in [0.15, 0.2) is 5.78 Å². The molecule has 0 fully saturated rings. The van der Waals surface area contributed by atoms with Gasteiger partial charge in [-0.15, -0.1) is 0 Å². The van der Waals surface area contributed by atoms with Crippen molar-refractivity contribution in [1.82, 2.24) is 0 Å². The van der Waals surface area contributed by atoms with Gasteiger partial charge in [-0.25, -0.2) is 0 Å². The Labute approximate surface area is 210 Å². The number of allylic oxidation sites excluding steroid dienone is 1. The smallest absolute Gasteiger partial charge is 0.308 e. The van der Waals surface area contributed by atoms with E-state index < -0.39 is 0 Å². The highest BCUT2D eigenvalue weighted by Gasteiger charge is 2.03. The van der Waals surface area contributed by atoms with Gasteiger partial charge in [0.05, 0.1) is 0 Å². The molecule has 0 saturated heterocycles. The topological polar surface area (TPSA) is 61.8 Å². The molecule has 0 atom stereocenters. The fourth-order valence-corrected chi connectivity index (χ4v) is 3.49. The minimum atomic E-state index is -0.338. The summed E-state index contributed by atoms with van der Waals surface area (Å²) in [5, 5.41) is 0. The molecule has 0 radical (unpaired) electrons. The average molecular weight is 479 g/mol. The van der Waals surface area contributed by atoms with E-state index in [1.807, 2.05) is 78.9 Å². The van der Waals surface area contributed by atoms with Gasteiger partial charge < -0.3 is 14.2 Å². The Balaban J connectivity index is 1.21. The normalized spacial score (nSPS) is 10.7. The third kappa shape index (κ3) is 7.18. The fraction of sp³-hybridized carbons (Fsp3) is 0.0968. The van der Waals surface area contributed by atoms with Crippen LogP contribution in [0, 0.1) is 0 Å². The zero-order chi connectivity index (χ0) is 25.2. The van der Waals surface area contributed by atoms with Crippen LogP contribution in [0.25, 0.3) is 17.2 Å². The zero-order valence-corrected chi connectivity index (χ0v) is 19.9. The molecule has 180 valence electrons. The van der Waals surface area contributed by atoms with Crippen molar-refractivity contribution in [2.75, 3.05) is 13.2 Å². The van der Waals surface area contributed by atoms with Crippen LogP contribution in [0.5, 0.6) is 17.2 Å². The standard InChI is InChI=1S/C31H26O5/c1-23(32)36-30-18-12-26(13-19-30)25-10-16-29(17-11-25)35-22-21-34-28-14-7-24(8-15-28)9-20-31(33)27-5-3-2-4-6-27/h2-20H,21-22H2,1H3/b20-9+. The third-order valence-electron chi connectivity index (χ3n) is 5.29. The van der Waals surface area contributed by atoms with Gasteiger partial charge in [-0.2, -0.15) is 0 Å². The number of ketones is 1. The van der Waals surface area contributed by atoms with Gasteiger partial charge in [-0.3, -0.25) is 9.59 Å². The molecule has 4 aromatic rings. The molecule has 5 heteroatoms. The predicted molar refractivity (Wildman–Crippen MR) is 140 cm³/mol. The van der Waals surface area contributed by atoms with E-state index >= 15 is 0 Å². The van der Waals surface area contributed by atoms with Crippen LogP contribution in [-0.2, 0) is 4.79 Å². The van der Waals surface area contributed by atoms with Crippen molar-refractivity contribution in [1.29, 1.82) is 0 Å². The SMILES string of the molecule is CC(=O)Oc1ccc(-c2ccc(OCCOc3ccc(/C=C/C(=O)c4ccccc4)cc3)cc2)cc1. The van der Waals surface area contributed by atoms with E-state index in [-0.39, 0.29) is 11.8 Å². The molecule has 0 aliphatic rings. The van der Waals surface area contributed by atoms with E-state index in [0.717, 1.165) is 28.2 Å². The van der Waals surface area contributed by atoms with Crippen molar-refractivity contribution in [3.05, 3.63) is 120 Å². The third-order valence-corrected chi connectivity index (χ3v) is 5.29. The first-order valence-corrected chi connectivity index (χ1v) is 11.6. The molecule has 0 heterocycles. The highest BCUT2D eigenvalue weighted by molar-refractivity contribution is 6.06. The number of carbonyl (C=O) groups is 2. The van der Waals surface area contributed by atoms with Crippen molar-refractivity contribution >= 4 is 17.8 Å². The molecule has 0 N–H and O–H groups in total. The van der Waals surface area contributed by atoms with Crippen LogP contribution < -0.4 is 14.2 Å². The Morgan fingerprint density at radius 1 is 0.639 bits per heavy atom. The first-order valence-electron chi connectivity index (χ1n) is 11.6. The molecule has 0 aliphatic carbocycles. The number of esters is 1. The minimum Gasteiger partial charge on any atom is -0.490 e. The Morgan fingerprint density at radius 3 is 1.67 bits per heavy atom. The first-order chi connectivity index (χ1) is 17.6. The van der Waals surface area contributed by atoms with Crippen molar-refractivity contribution in [3.63, 3.8) is 0 Å². The van der Waals surface area contributed by atoms with E-state index in [4.69, 9.17) is 14.2 Å². The molecule has 0 aromatic heterocycles. The van der Waals surface area contributed by atoms with Crippen LogP contribution in [0.15, 0.2) is 109 Å². The fourth-order valence-electron chi connectivity index (χ4n) is 3.49. The summed E-state index contributed by atoms with van der Waals surface area (Å²) in [6.07, 6.45) is 3.36. The second-order valence-corrected chi connectivity index (χ2v) is 7.97. The number of ether oxygens (including phenoxy) is 3. The monoisotopic (exact) mass is 478 g/mol. The maximum absolute atomic E-state index is 12.2. The van der Waals surface area contributed by atoms with Gasteiger partial charge in [0.2, 0.25) is 0 Å². The van der Waals surface area contributed by atoms with Gasteiger partial charge in [0.25, 0.3) is 0 Å².